The molecular weight excluding hydrogens is 372 g/mol. The van der Waals surface area contributed by atoms with Gasteiger partial charge in [-0.3, -0.25) is 14.8 Å². The number of carbonyl (C=O) groups is 1. The number of morpholine rings is 1. The zero-order chi connectivity index (χ0) is 19.6. The molecule has 0 saturated carbocycles. The molecule has 29 heavy (non-hydrogen) atoms. The van der Waals surface area contributed by atoms with E-state index in [2.05, 4.69) is 30.4 Å². The van der Waals surface area contributed by atoms with Gasteiger partial charge in [-0.05, 0) is 24.3 Å². The van der Waals surface area contributed by atoms with E-state index in [1.165, 1.54) is 0 Å². The summed E-state index contributed by atoms with van der Waals surface area (Å²) in [7, 11) is 0. The van der Waals surface area contributed by atoms with E-state index in [9.17, 15) is 4.79 Å². The first kappa shape index (κ1) is 17.7. The van der Waals surface area contributed by atoms with Gasteiger partial charge in [0.2, 0.25) is 0 Å². The summed E-state index contributed by atoms with van der Waals surface area (Å²) < 4.78 is 11.1. The number of amides is 1. The number of para-hydroxylation sites is 2. The van der Waals surface area contributed by atoms with E-state index in [0.717, 1.165) is 43.1 Å². The van der Waals surface area contributed by atoms with Crippen molar-refractivity contribution in [2.45, 2.75) is 6.54 Å². The molecule has 1 aliphatic heterocycles. The van der Waals surface area contributed by atoms with E-state index in [4.69, 9.17) is 9.15 Å². The maximum Gasteiger partial charge on any atom is 0.291 e. The third-order valence-corrected chi connectivity index (χ3v) is 4.87. The zero-order valence-corrected chi connectivity index (χ0v) is 15.6. The van der Waals surface area contributed by atoms with Gasteiger partial charge in [0.25, 0.3) is 5.91 Å². The summed E-state index contributed by atoms with van der Waals surface area (Å²) in [5.74, 6) is 1.25. The summed E-state index contributed by atoms with van der Waals surface area (Å²) in [6, 6.07) is 11.2. The molecule has 1 aliphatic rings. The fourth-order valence-electron chi connectivity index (χ4n) is 3.38. The summed E-state index contributed by atoms with van der Waals surface area (Å²) in [5.41, 5.74) is 2.80. The van der Waals surface area contributed by atoms with Crippen LogP contribution in [0.5, 0.6) is 0 Å². The summed E-state index contributed by atoms with van der Waals surface area (Å²) >= 11 is 0. The molecule has 148 valence electrons. The van der Waals surface area contributed by atoms with E-state index >= 15 is 0 Å². The fraction of sp³-hybridized carbons (Fsp3) is 0.250. The number of aromatic nitrogens is 4. The van der Waals surface area contributed by atoms with Crippen LogP contribution < -0.4 is 5.32 Å². The van der Waals surface area contributed by atoms with Gasteiger partial charge >= 0.3 is 0 Å². The number of fused-ring (bicyclic) bond motifs is 1. The normalized spacial score (nSPS) is 15.0. The lowest BCUT2D eigenvalue weighted by Crippen LogP contribution is -2.35. The highest BCUT2D eigenvalue weighted by atomic mass is 16.5. The van der Waals surface area contributed by atoms with Gasteiger partial charge < -0.3 is 19.5 Å². The molecule has 3 aromatic heterocycles. The van der Waals surface area contributed by atoms with Crippen LogP contribution in [0.25, 0.3) is 22.6 Å². The van der Waals surface area contributed by atoms with Crippen molar-refractivity contribution in [2.24, 2.45) is 0 Å². The van der Waals surface area contributed by atoms with Gasteiger partial charge in [-0.15, -0.1) is 0 Å². The Kier molecular flexibility index (Phi) is 4.59. The highest BCUT2D eigenvalue weighted by molar-refractivity contribution is 6.04. The number of hydrogen-bond donors (Lipinski definition) is 3. The third kappa shape index (κ3) is 3.65. The Morgan fingerprint density at radius 1 is 1.17 bits per heavy atom. The van der Waals surface area contributed by atoms with Gasteiger partial charge in [-0.2, -0.15) is 5.10 Å². The van der Waals surface area contributed by atoms with Crippen LogP contribution in [0.3, 0.4) is 0 Å². The molecule has 0 aliphatic carbocycles. The number of rotatable bonds is 5. The number of anilines is 1. The summed E-state index contributed by atoms with van der Waals surface area (Å²) in [6.45, 7) is 3.82. The topological polar surface area (TPSA) is 112 Å². The number of carbonyl (C=O) groups excluding carboxylic acids is 1. The van der Waals surface area contributed by atoms with Gasteiger partial charge in [-0.1, -0.05) is 12.1 Å². The number of nitrogens with zero attached hydrogens (tertiary/aromatic N) is 3. The number of ether oxygens (including phenoxy) is 1. The molecule has 0 bridgehead atoms. The van der Waals surface area contributed by atoms with Crippen molar-refractivity contribution in [1.29, 1.82) is 0 Å². The van der Waals surface area contributed by atoms with Crippen molar-refractivity contribution >= 4 is 22.6 Å². The summed E-state index contributed by atoms with van der Waals surface area (Å²) in [6.07, 6.45) is 1.62. The third-order valence-electron chi connectivity index (χ3n) is 4.87. The number of aromatic amines is 2. The maximum absolute atomic E-state index is 12.7. The molecular formula is C20H20N6O3. The first-order chi connectivity index (χ1) is 14.3. The highest BCUT2D eigenvalue weighted by Crippen LogP contribution is 2.26. The zero-order valence-electron chi connectivity index (χ0n) is 15.6. The van der Waals surface area contributed by atoms with Gasteiger partial charge in [0.15, 0.2) is 17.3 Å². The van der Waals surface area contributed by atoms with Crippen LogP contribution >= 0.6 is 0 Å². The van der Waals surface area contributed by atoms with Crippen molar-refractivity contribution in [3.05, 3.63) is 54.1 Å². The molecule has 9 heteroatoms. The van der Waals surface area contributed by atoms with E-state index < -0.39 is 0 Å². The Bertz CT molecular complexity index is 1100. The SMILES string of the molecule is O=C(Nc1c[nH]nc1-c1nc2ccccc2[nH]1)c1ccc(CN2CCOCC2)o1. The predicted octanol–water partition coefficient (Wildman–Crippen LogP) is 2.63. The quantitative estimate of drug-likeness (QED) is 0.481. The molecule has 1 aromatic carbocycles. The minimum absolute atomic E-state index is 0.255. The molecule has 1 fully saturated rings. The number of imidazole rings is 1. The van der Waals surface area contributed by atoms with Crippen molar-refractivity contribution in [1.82, 2.24) is 25.1 Å². The molecule has 3 N–H and O–H groups in total. The molecule has 5 rings (SSSR count). The molecule has 0 atom stereocenters. The molecule has 4 heterocycles. The molecule has 1 saturated heterocycles. The van der Waals surface area contributed by atoms with Crippen molar-refractivity contribution < 1.29 is 13.9 Å². The van der Waals surface area contributed by atoms with Crippen molar-refractivity contribution in [3.63, 3.8) is 0 Å². The van der Waals surface area contributed by atoms with Crippen molar-refractivity contribution in [3.8, 4) is 11.5 Å². The minimum atomic E-state index is -0.336. The Hall–Kier alpha value is -3.43. The van der Waals surface area contributed by atoms with E-state index in [-0.39, 0.29) is 11.7 Å². The second kappa shape index (κ2) is 7.53. The molecule has 4 aromatic rings. The highest BCUT2D eigenvalue weighted by Gasteiger charge is 2.19. The number of H-pyrrole nitrogens is 2. The van der Waals surface area contributed by atoms with Crippen LogP contribution in [0.15, 0.2) is 47.0 Å². The second-order valence-corrected chi connectivity index (χ2v) is 6.86. The molecule has 0 spiro atoms. The van der Waals surface area contributed by atoms with Crippen LogP contribution in [0, 0.1) is 0 Å². The Balaban J connectivity index is 1.31. The molecule has 9 nitrogen and oxygen atoms in total. The van der Waals surface area contributed by atoms with Gasteiger partial charge in [0.05, 0.1) is 36.5 Å². The Labute approximate surface area is 166 Å². The van der Waals surface area contributed by atoms with Crippen LogP contribution in [-0.2, 0) is 11.3 Å². The lowest BCUT2D eigenvalue weighted by molar-refractivity contribution is 0.0312. The van der Waals surface area contributed by atoms with E-state index in [1.54, 1.807) is 12.3 Å². The van der Waals surface area contributed by atoms with Crippen LogP contribution in [0.4, 0.5) is 5.69 Å². The van der Waals surface area contributed by atoms with Crippen LogP contribution in [-0.4, -0.2) is 57.3 Å². The van der Waals surface area contributed by atoms with Crippen LogP contribution in [0.1, 0.15) is 16.3 Å². The molecule has 0 unspecified atom stereocenters. The fourth-order valence-corrected chi connectivity index (χ4v) is 3.38. The summed E-state index contributed by atoms with van der Waals surface area (Å²) in [5, 5.41) is 9.86. The average molecular weight is 392 g/mol. The van der Waals surface area contributed by atoms with Crippen molar-refractivity contribution in [2.75, 3.05) is 31.6 Å². The molecule has 1 amide bonds. The lowest BCUT2D eigenvalue weighted by atomic mass is 10.3. The first-order valence-corrected chi connectivity index (χ1v) is 9.45. The predicted molar refractivity (Wildman–Crippen MR) is 106 cm³/mol. The number of benzene rings is 1. The van der Waals surface area contributed by atoms with Gasteiger partial charge in [0.1, 0.15) is 5.76 Å². The Morgan fingerprint density at radius 2 is 2.03 bits per heavy atom. The largest absolute Gasteiger partial charge is 0.455 e. The van der Waals surface area contributed by atoms with Gasteiger partial charge in [0, 0.05) is 19.3 Å². The average Bonchev–Trinajstić information content (AvgIpc) is 3.47. The van der Waals surface area contributed by atoms with E-state index in [1.807, 2.05) is 30.3 Å². The lowest BCUT2D eigenvalue weighted by Gasteiger charge is -2.25. The number of nitrogens with one attached hydrogen (secondary N) is 3. The first-order valence-electron chi connectivity index (χ1n) is 9.45. The summed E-state index contributed by atoms with van der Waals surface area (Å²) in [4.78, 5) is 22.7. The standard InChI is InChI=1S/C20H20N6O3/c27-20(17-6-5-13(29-17)12-26-7-9-28-10-8-26)24-16-11-21-25-18(16)19-22-14-3-1-2-4-15(14)23-19/h1-6,11H,7-10,12H2,(H,21,25)(H,22,23)(H,24,27). The number of furan rings is 1. The van der Waals surface area contributed by atoms with E-state index in [0.29, 0.717) is 23.8 Å². The minimum Gasteiger partial charge on any atom is -0.455 e. The number of hydrogen-bond acceptors (Lipinski definition) is 6. The van der Waals surface area contributed by atoms with Gasteiger partial charge in [-0.25, -0.2) is 4.98 Å². The Morgan fingerprint density at radius 3 is 2.90 bits per heavy atom. The smallest absolute Gasteiger partial charge is 0.291 e. The maximum atomic E-state index is 12.7. The van der Waals surface area contributed by atoms with Crippen LogP contribution in [0.2, 0.25) is 0 Å². The monoisotopic (exact) mass is 392 g/mol. The molecule has 0 radical (unpaired) electrons. The second-order valence-electron chi connectivity index (χ2n) is 6.86.